The molecule has 4 N–H and O–H groups in total. The van der Waals surface area contributed by atoms with E-state index in [1.165, 1.54) is 42.4 Å². The third-order valence-corrected chi connectivity index (χ3v) is 5.74. The second kappa shape index (κ2) is 10.00. The maximum Gasteiger partial charge on any atom is 0.242 e. The number of anilines is 1. The summed E-state index contributed by atoms with van der Waals surface area (Å²) in [6.07, 6.45) is 7.36. The van der Waals surface area contributed by atoms with Gasteiger partial charge in [0, 0.05) is 24.6 Å². The molecule has 0 saturated heterocycles. The molecule has 0 fully saturated rings. The highest BCUT2D eigenvalue weighted by atomic mass is 127. The average Bonchev–Trinajstić information content (AvgIpc) is 2.66. The number of nitrogens with one attached hydrogen (secondary N) is 2. The summed E-state index contributed by atoms with van der Waals surface area (Å²) in [6.45, 7) is 0.403. The smallest absolute Gasteiger partial charge is 0.242 e. The van der Waals surface area contributed by atoms with Crippen LogP contribution in [-0.4, -0.2) is 32.5 Å². The molecule has 9 heteroatoms. The number of aliphatic imine (C=N–C) groups is 1. The van der Waals surface area contributed by atoms with Crippen LogP contribution < -0.4 is 15.8 Å². The summed E-state index contributed by atoms with van der Waals surface area (Å²) < 4.78 is 26.7. The first-order valence-electron chi connectivity index (χ1n) is 8.64. The van der Waals surface area contributed by atoms with E-state index in [4.69, 9.17) is 5.73 Å². The minimum atomic E-state index is -3.57. The van der Waals surface area contributed by atoms with Gasteiger partial charge in [0.25, 0.3) is 0 Å². The molecular weight excluding hydrogens is 477 g/mol. The average molecular weight is 501 g/mol. The van der Waals surface area contributed by atoms with Crippen LogP contribution in [0, 0.1) is 0 Å². The van der Waals surface area contributed by atoms with E-state index in [2.05, 4.69) is 26.1 Å². The number of aromatic nitrogens is 1. The highest BCUT2D eigenvalue weighted by Crippen LogP contribution is 2.27. The third kappa shape index (κ3) is 5.88. The number of hydrogen-bond donors (Lipinski definition) is 3. The van der Waals surface area contributed by atoms with Crippen LogP contribution in [0.5, 0.6) is 0 Å². The van der Waals surface area contributed by atoms with Gasteiger partial charge < -0.3 is 11.1 Å². The molecular formula is C18H24IN5O2S. The Labute approximate surface area is 176 Å². The maximum absolute atomic E-state index is 12.1. The van der Waals surface area contributed by atoms with E-state index in [0.29, 0.717) is 0 Å². The molecule has 1 aliphatic carbocycles. The van der Waals surface area contributed by atoms with Gasteiger partial charge in [0.1, 0.15) is 4.90 Å². The lowest BCUT2D eigenvalue weighted by Crippen LogP contribution is -2.29. The summed E-state index contributed by atoms with van der Waals surface area (Å²) in [5.41, 5.74) is 9.60. The Morgan fingerprint density at radius 2 is 2.00 bits per heavy atom. The molecule has 27 heavy (non-hydrogen) atoms. The molecule has 1 aromatic carbocycles. The van der Waals surface area contributed by atoms with Gasteiger partial charge >= 0.3 is 0 Å². The Morgan fingerprint density at radius 3 is 2.78 bits per heavy atom. The Balaban J connectivity index is 0.00000261. The van der Waals surface area contributed by atoms with Crippen LogP contribution in [-0.2, 0) is 22.9 Å². The second-order valence-corrected chi connectivity index (χ2v) is 7.90. The van der Waals surface area contributed by atoms with E-state index in [1.807, 2.05) is 12.1 Å². The van der Waals surface area contributed by atoms with Crippen LogP contribution in [0.15, 0.2) is 52.6 Å². The van der Waals surface area contributed by atoms with Crippen molar-refractivity contribution in [2.45, 2.75) is 30.6 Å². The van der Waals surface area contributed by atoms with Gasteiger partial charge in [-0.15, -0.1) is 24.0 Å². The first-order valence-corrected chi connectivity index (χ1v) is 10.1. The van der Waals surface area contributed by atoms with Crippen molar-refractivity contribution in [2.24, 2.45) is 10.7 Å². The molecule has 0 bridgehead atoms. The maximum atomic E-state index is 12.1. The van der Waals surface area contributed by atoms with Gasteiger partial charge in [-0.05, 0) is 55.0 Å². The molecule has 7 nitrogen and oxygen atoms in total. The quantitative estimate of drug-likeness (QED) is 0.244. The van der Waals surface area contributed by atoms with Crippen molar-refractivity contribution in [2.75, 3.05) is 18.4 Å². The van der Waals surface area contributed by atoms with Crippen LogP contribution in [0.4, 0.5) is 5.69 Å². The number of rotatable bonds is 6. The SMILES string of the molecule is I.NC(=NCCNS(=O)(=O)c1cccnc1)Nc1cccc2c1CCCC2. The van der Waals surface area contributed by atoms with Gasteiger partial charge in [0.05, 0.1) is 6.54 Å². The van der Waals surface area contributed by atoms with E-state index < -0.39 is 10.0 Å². The summed E-state index contributed by atoms with van der Waals surface area (Å²) in [4.78, 5) is 8.15. The predicted molar refractivity (Wildman–Crippen MR) is 118 cm³/mol. The van der Waals surface area contributed by atoms with Crippen molar-refractivity contribution in [3.05, 3.63) is 53.9 Å². The van der Waals surface area contributed by atoms with Gasteiger partial charge in [0.2, 0.25) is 10.0 Å². The summed E-state index contributed by atoms with van der Waals surface area (Å²) in [5, 5.41) is 3.14. The van der Waals surface area contributed by atoms with Crippen LogP contribution in [0.25, 0.3) is 0 Å². The van der Waals surface area contributed by atoms with Gasteiger partial charge in [-0.2, -0.15) is 0 Å². The van der Waals surface area contributed by atoms with Gasteiger partial charge in [0.15, 0.2) is 5.96 Å². The van der Waals surface area contributed by atoms with Crippen molar-refractivity contribution in [1.29, 1.82) is 0 Å². The number of fused-ring (bicyclic) bond motifs is 1. The summed E-state index contributed by atoms with van der Waals surface area (Å²) in [5.74, 6) is 0.282. The fraction of sp³-hybridized carbons (Fsp3) is 0.333. The fourth-order valence-electron chi connectivity index (χ4n) is 3.02. The number of hydrogen-bond acceptors (Lipinski definition) is 4. The molecule has 146 valence electrons. The van der Waals surface area contributed by atoms with Crippen molar-refractivity contribution in [3.8, 4) is 0 Å². The zero-order valence-electron chi connectivity index (χ0n) is 14.9. The Kier molecular flexibility index (Phi) is 7.99. The molecule has 0 atom stereocenters. The number of sulfonamides is 1. The second-order valence-electron chi connectivity index (χ2n) is 6.13. The van der Waals surface area contributed by atoms with Gasteiger partial charge in [-0.25, -0.2) is 13.1 Å². The zero-order chi connectivity index (χ0) is 18.4. The van der Waals surface area contributed by atoms with E-state index in [1.54, 1.807) is 6.07 Å². The van der Waals surface area contributed by atoms with Gasteiger partial charge in [-0.1, -0.05) is 12.1 Å². The molecule has 1 aromatic heterocycles. The number of pyridine rings is 1. The van der Waals surface area contributed by atoms with Crippen LogP contribution in [0.3, 0.4) is 0 Å². The number of halogens is 1. The topological polar surface area (TPSA) is 109 Å². The van der Waals surface area contributed by atoms with E-state index in [-0.39, 0.29) is 47.9 Å². The van der Waals surface area contributed by atoms with E-state index >= 15 is 0 Å². The molecule has 0 radical (unpaired) electrons. The third-order valence-electron chi connectivity index (χ3n) is 4.29. The van der Waals surface area contributed by atoms with Crippen LogP contribution in [0.2, 0.25) is 0 Å². The minimum Gasteiger partial charge on any atom is -0.370 e. The highest BCUT2D eigenvalue weighted by molar-refractivity contribution is 14.0. The fourth-order valence-corrected chi connectivity index (χ4v) is 4.01. The van der Waals surface area contributed by atoms with Crippen LogP contribution in [0.1, 0.15) is 24.0 Å². The molecule has 0 amide bonds. The number of aryl methyl sites for hydroxylation is 1. The largest absolute Gasteiger partial charge is 0.370 e. The Bertz CT molecular complexity index is 888. The highest BCUT2D eigenvalue weighted by Gasteiger charge is 2.14. The molecule has 0 spiro atoms. The lowest BCUT2D eigenvalue weighted by molar-refractivity contribution is 0.582. The lowest BCUT2D eigenvalue weighted by atomic mass is 9.90. The predicted octanol–water partition coefficient (Wildman–Crippen LogP) is 2.28. The van der Waals surface area contributed by atoms with Crippen molar-refractivity contribution >= 4 is 45.6 Å². The summed E-state index contributed by atoms with van der Waals surface area (Å²) in [6, 6.07) is 9.24. The van der Waals surface area contributed by atoms with Crippen molar-refractivity contribution < 1.29 is 8.42 Å². The monoisotopic (exact) mass is 501 g/mol. The first-order chi connectivity index (χ1) is 12.6. The number of guanidine groups is 1. The molecule has 0 saturated carbocycles. The molecule has 2 aromatic rings. The zero-order valence-corrected chi connectivity index (χ0v) is 18.0. The molecule has 3 rings (SSSR count). The standard InChI is InChI=1S/C18H23N5O2S.HI/c19-18(23-17-9-3-6-14-5-1-2-8-16(14)17)21-11-12-22-26(24,25)15-7-4-10-20-13-15;/h3-4,6-7,9-10,13,22H,1-2,5,8,11-12H2,(H3,19,21,23);1H. The Hall–Kier alpha value is -1.72. The number of nitrogens with zero attached hydrogens (tertiary/aromatic N) is 2. The molecule has 1 aliphatic rings. The van der Waals surface area contributed by atoms with Crippen molar-refractivity contribution in [3.63, 3.8) is 0 Å². The minimum absolute atomic E-state index is 0. The normalized spacial score (nSPS) is 14.1. The Morgan fingerprint density at radius 1 is 1.19 bits per heavy atom. The first kappa shape index (κ1) is 21.6. The molecule has 0 unspecified atom stereocenters. The lowest BCUT2D eigenvalue weighted by Gasteiger charge is -2.19. The molecule has 0 aliphatic heterocycles. The summed E-state index contributed by atoms with van der Waals surface area (Å²) in [7, 11) is -3.57. The van der Waals surface area contributed by atoms with Crippen molar-refractivity contribution in [1.82, 2.24) is 9.71 Å². The summed E-state index contributed by atoms with van der Waals surface area (Å²) >= 11 is 0. The van der Waals surface area contributed by atoms with E-state index in [0.717, 1.165) is 18.5 Å². The van der Waals surface area contributed by atoms with Crippen LogP contribution >= 0.6 is 24.0 Å². The molecule has 1 heterocycles. The van der Waals surface area contributed by atoms with Gasteiger partial charge in [-0.3, -0.25) is 9.98 Å². The number of nitrogens with two attached hydrogens (primary N) is 1. The van der Waals surface area contributed by atoms with E-state index in [9.17, 15) is 8.42 Å². The number of benzene rings is 1.